The van der Waals surface area contributed by atoms with Crippen LogP contribution in [0.2, 0.25) is 0 Å². The van der Waals surface area contributed by atoms with Crippen molar-refractivity contribution in [3.63, 3.8) is 0 Å². The molecule has 1 aromatic carbocycles. The maximum atomic E-state index is 11.8. The van der Waals surface area contributed by atoms with E-state index in [1.54, 1.807) is 11.8 Å². The predicted molar refractivity (Wildman–Crippen MR) is 74.9 cm³/mol. The molecule has 1 aliphatic heterocycles. The summed E-state index contributed by atoms with van der Waals surface area (Å²) in [7, 11) is 0. The van der Waals surface area contributed by atoms with Gasteiger partial charge in [-0.05, 0) is 18.6 Å². The van der Waals surface area contributed by atoms with Crippen LogP contribution in [-0.2, 0) is 4.79 Å². The van der Waals surface area contributed by atoms with E-state index in [0.29, 0.717) is 0 Å². The van der Waals surface area contributed by atoms with Crippen LogP contribution >= 0.6 is 11.8 Å². The number of para-hydroxylation sites is 1. The standard InChI is InChI=1S/C14H19NO2S/c1-2-3-4-9-12-13(16)14(17)15-10-7-5-6-8-11(10)18-12/h5-8,12-13,16H,2-4,9H2,1H3,(H,15,17)/t12-,13+/m0/s1. The molecule has 4 heteroatoms. The van der Waals surface area contributed by atoms with Crippen LogP contribution in [0.25, 0.3) is 0 Å². The molecule has 1 amide bonds. The molecule has 0 aromatic heterocycles. The second kappa shape index (κ2) is 6.25. The third-order valence-corrected chi connectivity index (χ3v) is 4.54. The van der Waals surface area contributed by atoms with Crippen LogP contribution < -0.4 is 5.32 Å². The van der Waals surface area contributed by atoms with E-state index in [1.807, 2.05) is 24.3 Å². The number of carbonyl (C=O) groups excluding carboxylic acids is 1. The Morgan fingerprint density at radius 3 is 2.89 bits per heavy atom. The highest BCUT2D eigenvalue weighted by molar-refractivity contribution is 8.00. The minimum atomic E-state index is -0.917. The summed E-state index contributed by atoms with van der Waals surface area (Å²) in [5.41, 5.74) is 0.810. The van der Waals surface area contributed by atoms with Crippen molar-refractivity contribution >= 4 is 23.4 Å². The number of aliphatic hydroxyl groups excluding tert-OH is 1. The summed E-state index contributed by atoms with van der Waals surface area (Å²) in [4.78, 5) is 12.9. The number of thioether (sulfide) groups is 1. The normalized spacial score (nSPS) is 23.1. The first-order chi connectivity index (χ1) is 8.72. The summed E-state index contributed by atoms with van der Waals surface area (Å²) in [5, 5.41) is 12.8. The fourth-order valence-electron chi connectivity index (χ4n) is 2.09. The first-order valence-electron chi connectivity index (χ1n) is 6.47. The van der Waals surface area contributed by atoms with Gasteiger partial charge in [-0.3, -0.25) is 4.79 Å². The summed E-state index contributed by atoms with van der Waals surface area (Å²) in [6.07, 6.45) is 3.31. The van der Waals surface area contributed by atoms with Gasteiger partial charge < -0.3 is 10.4 Å². The minimum Gasteiger partial charge on any atom is -0.382 e. The molecule has 0 fully saturated rings. The number of rotatable bonds is 4. The van der Waals surface area contributed by atoms with E-state index in [9.17, 15) is 9.90 Å². The lowest BCUT2D eigenvalue weighted by atomic mass is 10.1. The highest BCUT2D eigenvalue weighted by atomic mass is 32.2. The van der Waals surface area contributed by atoms with Gasteiger partial charge in [-0.2, -0.15) is 0 Å². The number of benzene rings is 1. The molecule has 3 nitrogen and oxygen atoms in total. The maximum Gasteiger partial charge on any atom is 0.254 e. The van der Waals surface area contributed by atoms with Crippen LogP contribution in [0.15, 0.2) is 29.2 Å². The molecular weight excluding hydrogens is 246 g/mol. The van der Waals surface area contributed by atoms with Crippen LogP contribution in [0.5, 0.6) is 0 Å². The lowest BCUT2D eigenvalue weighted by Crippen LogP contribution is -2.34. The Balaban J connectivity index is 2.13. The molecule has 98 valence electrons. The van der Waals surface area contributed by atoms with Crippen molar-refractivity contribution in [3.8, 4) is 0 Å². The van der Waals surface area contributed by atoms with Gasteiger partial charge in [-0.15, -0.1) is 11.8 Å². The number of aliphatic hydroxyl groups is 1. The van der Waals surface area contributed by atoms with Gasteiger partial charge >= 0.3 is 0 Å². The number of hydrogen-bond acceptors (Lipinski definition) is 3. The van der Waals surface area contributed by atoms with Crippen LogP contribution in [0.1, 0.15) is 32.6 Å². The number of hydrogen-bond donors (Lipinski definition) is 2. The molecule has 2 N–H and O–H groups in total. The van der Waals surface area contributed by atoms with E-state index < -0.39 is 6.10 Å². The van der Waals surface area contributed by atoms with E-state index in [1.165, 1.54) is 0 Å². The van der Waals surface area contributed by atoms with Crippen molar-refractivity contribution in [1.82, 2.24) is 0 Å². The van der Waals surface area contributed by atoms with Crippen molar-refractivity contribution in [2.75, 3.05) is 5.32 Å². The van der Waals surface area contributed by atoms with E-state index in [2.05, 4.69) is 12.2 Å². The second-order valence-electron chi connectivity index (χ2n) is 4.58. The van der Waals surface area contributed by atoms with Gasteiger partial charge in [-0.1, -0.05) is 38.3 Å². The van der Waals surface area contributed by atoms with Gasteiger partial charge in [0.25, 0.3) is 5.91 Å². The fourth-order valence-corrected chi connectivity index (χ4v) is 3.35. The van der Waals surface area contributed by atoms with Gasteiger partial charge in [-0.25, -0.2) is 0 Å². The molecule has 0 unspecified atom stereocenters. The number of carbonyl (C=O) groups is 1. The molecule has 0 radical (unpaired) electrons. The molecule has 1 aliphatic rings. The summed E-state index contributed by atoms with van der Waals surface area (Å²) in [6.45, 7) is 2.15. The van der Waals surface area contributed by atoms with Gasteiger partial charge in [0.2, 0.25) is 0 Å². The first kappa shape index (κ1) is 13.4. The average Bonchev–Trinajstić information content (AvgIpc) is 2.49. The van der Waals surface area contributed by atoms with Crippen molar-refractivity contribution in [2.24, 2.45) is 0 Å². The minimum absolute atomic E-state index is 0.0415. The lowest BCUT2D eigenvalue weighted by Gasteiger charge is -2.17. The number of nitrogens with one attached hydrogen (secondary N) is 1. The highest BCUT2D eigenvalue weighted by Gasteiger charge is 2.30. The van der Waals surface area contributed by atoms with Gasteiger partial charge in [0.05, 0.1) is 5.69 Å². The molecule has 0 bridgehead atoms. The Bertz CT molecular complexity index is 422. The quantitative estimate of drug-likeness (QED) is 0.823. The van der Waals surface area contributed by atoms with Crippen LogP contribution in [0.4, 0.5) is 5.69 Å². The van der Waals surface area contributed by atoms with Gasteiger partial charge in [0.1, 0.15) is 6.10 Å². The summed E-state index contributed by atoms with van der Waals surface area (Å²) in [6, 6.07) is 7.72. The average molecular weight is 265 g/mol. The van der Waals surface area contributed by atoms with Gasteiger partial charge in [0, 0.05) is 10.1 Å². The SMILES string of the molecule is CCCCC[C@@H]1Sc2ccccc2NC(=O)[C@@H]1O. The van der Waals surface area contributed by atoms with Gasteiger partial charge in [0.15, 0.2) is 0 Å². The van der Waals surface area contributed by atoms with Crippen molar-refractivity contribution < 1.29 is 9.90 Å². The fraction of sp³-hybridized carbons (Fsp3) is 0.500. The number of unbranched alkanes of at least 4 members (excludes halogenated alkanes) is 2. The Labute approximate surface area is 112 Å². The Kier molecular flexibility index (Phi) is 4.66. The van der Waals surface area contributed by atoms with E-state index in [4.69, 9.17) is 0 Å². The van der Waals surface area contributed by atoms with E-state index in [-0.39, 0.29) is 11.2 Å². The van der Waals surface area contributed by atoms with Crippen LogP contribution in [-0.4, -0.2) is 22.4 Å². The third kappa shape index (κ3) is 3.06. The molecule has 18 heavy (non-hydrogen) atoms. The van der Waals surface area contributed by atoms with Crippen LogP contribution in [0, 0.1) is 0 Å². The molecule has 0 saturated heterocycles. The lowest BCUT2D eigenvalue weighted by molar-refractivity contribution is -0.124. The number of anilines is 1. The number of amides is 1. The molecule has 1 aromatic rings. The Hall–Kier alpha value is -1.00. The van der Waals surface area contributed by atoms with E-state index in [0.717, 1.165) is 36.3 Å². The molecule has 1 heterocycles. The third-order valence-electron chi connectivity index (χ3n) is 3.14. The maximum absolute atomic E-state index is 11.8. The summed E-state index contributed by atoms with van der Waals surface area (Å²) in [5.74, 6) is -0.283. The Morgan fingerprint density at radius 2 is 2.11 bits per heavy atom. The van der Waals surface area contributed by atoms with Crippen molar-refractivity contribution in [3.05, 3.63) is 24.3 Å². The highest BCUT2D eigenvalue weighted by Crippen LogP contribution is 2.37. The molecular formula is C14H19NO2S. The number of fused-ring (bicyclic) bond motifs is 1. The zero-order valence-electron chi connectivity index (χ0n) is 10.6. The molecule has 2 rings (SSSR count). The predicted octanol–water partition coefficient (Wildman–Crippen LogP) is 3.04. The molecule has 0 aliphatic carbocycles. The van der Waals surface area contributed by atoms with Crippen molar-refractivity contribution in [2.45, 2.75) is 48.9 Å². The smallest absolute Gasteiger partial charge is 0.254 e. The summed E-state index contributed by atoms with van der Waals surface area (Å²) < 4.78 is 0. The zero-order chi connectivity index (χ0) is 13.0. The molecule has 0 spiro atoms. The topological polar surface area (TPSA) is 49.3 Å². The zero-order valence-corrected chi connectivity index (χ0v) is 11.4. The Morgan fingerprint density at radius 1 is 1.33 bits per heavy atom. The summed E-state index contributed by atoms with van der Waals surface area (Å²) >= 11 is 1.61. The molecule has 0 saturated carbocycles. The largest absolute Gasteiger partial charge is 0.382 e. The molecule has 2 atom stereocenters. The first-order valence-corrected chi connectivity index (χ1v) is 7.35. The van der Waals surface area contributed by atoms with E-state index >= 15 is 0 Å². The monoisotopic (exact) mass is 265 g/mol. The van der Waals surface area contributed by atoms with Crippen LogP contribution in [0.3, 0.4) is 0 Å². The second-order valence-corrected chi connectivity index (χ2v) is 5.86. The van der Waals surface area contributed by atoms with Crippen molar-refractivity contribution in [1.29, 1.82) is 0 Å².